The summed E-state index contributed by atoms with van der Waals surface area (Å²) in [6.07, 6.45) is 7.51. The normalized spacial score (nSPS) is 15.9. The molecule has 1 aliphatic rings. The Labute approximate surface area is 212 Å². The van der Waals surface area contributed by atoms with Gasteiger partial charge in [-0.3, -0.25) is 4.79 Å². The highest BCUT2D eigenvalue weighted by atomic mass is 19.4. The van der Waals surface area contributed by atoms with E-state index in [1.807, 2.05) is 23.1 Å². The number of carbonyl (C=O) groups is 1. The number of nitrogens with one attached hydrogen (secondary N) is 1. The maximum atomic E-state index is 13.4. The van der Waals surface area contributed by atoms with Gasteiger partial charge in [0.05, 0.1) is 11.6 Å². The molecule has 194 valence electrons. The standard InChI is InChI=1S/C30H37F3N2O/c1-2-3-4-5-6-7-8-9-10-15-27(36)35-21-20-25-24-13-11-12-14-26(24)34-28(25)29(35)22-16-18-23(19-17-22)30(31,32)33/h11-14,16-19,29,34H,2-10,15,20-21H2,1H3. The molecule has 6 heteroatoms. The molecule has 1 amide bonds. The number of para-hydroxylation sites is 1. The maximum Gasteiger partial charge on any atom is 0.416 e. The molecule has 0 aliphatic carbocycles. The second-order valence-electron chi connectivity index (χ2n) is 10.0. The second kappa shape index (κ2) is 12.0. The topological polar surface area (TPSA) is 36.1 Å². The lowest BCUT2D eigenvalue weighted by atomic mass is 9.91. The summed E-state index contributed by atoms with van der Waals surface area (Å²) in [6, 6.07) is 12.9. The third-order valence-electron chi connectivity index (χ3n) is 7.40. The van der Waals surface area contributed by atoms with Crippen molar-refractivity contribution in [1.29, 1.82) is 0 Å². The average molecular weight is 499 g/mol. The Morgan fingerprint density at radius 3 is 2.22 bits per heavy atom. The molecule has 4 rings (SSSR count). The molecule has 1 aromatic heterocycles. The average Bonchev–Trinajstić information content (AvgIpc) is 3.25. The number of nitrogens with zero attached hydrogens (tertiary/aromatic N) is 1. The highest BCUT2D eigenvalue weighted by Gasteiger charge is 2.35. The van der Waals surface area contributed by atoms with Crippen LogP contribution in [-0.2, 0) is 17.4 Å². The second-order valence-corrected chi connectivity index (χ2v) is 10.0. The molecule has 0 spiro atoms. The molecule has 0 bridgehead atoms. The number of aromatic nitrogens is 1. The van der Waals surface area contributed by atoms with Crippen molar-refractivity contribution in [2.75, 3.05) is 6.54 Å². The first-order valence-electron chi connectivity index (χ1n) is 13.5. The van der Waals surface area contributed by atoms with E-state index in [4.69, 9.17) is 0 Å². The minimum Gasteiger partial charge on any atom is -0.356 e. The van der Waals surface area contributed by atoms with E-state index in [1.54, 1.807) is 0 Å². The van der Waals surface area contributed by atoms with Crippen molar-refractivity contribution in [2.45, 2.75) is 89.8 Å². The van der Waals surface area contributed by atoms with Gasteiger partial charge in [0, 0.05) is 29.6 Å². The molecule has 1 unspecified atom stereocenters. The van der Waals surface area contributed by atoms with Crippen LogP contribution in [0.25, 0.3) is 10.9 Å². The van der Waals surface area contributed by atoms with E-state index in [2.05, 4.69) is 18.0 Å². The predicted molar refractivity (Wildman–Crippen MR) is 139 cm³/mol. The van der Waals surface area contributed by atoms with Gasteiger partial charge in [-0.15, -0.1) is 0 Å². The van der Waals surface area contributed by atoms with Crippen LogP contribution in [0.1, 0.15) is 99.6 Å². The lowest BCUT2D eigenvalue weighted by molar-refractivity contribution is -0.137. The van der Waals surface area contributed by atoms with Crippen molar-refractivity contribution < 1.29 is 18.0 Å². The zero-order valence-electron chi connectivity index (χ0n) is 21.2. The summed E-state index contributed by atoms with van der Waals surface area (Å²) in [5.41, 5.74) is 3.10. The smallest absolute Gasteiger partial charge is 0.356 e. The summed E-state index contributed by atoms with van der Waals surface area (Å²) >= 11 is 0. The number of unbranched alkanes of at least 4 members (excludes halogenated alkanes) is 8. The highest BCUT2D eigenvalue weighted by molar-refractivity contribution is 5.86. The van der Waals surface area contributed by atoms with Crippen LogP contribution in [0.3, 0.4) is 0 Å². The van der Waals surface area contributed by atoms with Crippen molar-refractivity contribution in [2.24, 2.45) is 0 Å². The molecule has 0 saturated carbocycles. The van der Waals surface area contributed by atoms with E-state index in [-0.39, 0.29) is 5.91 Å². The summed E-state index contributed by atoms with van der Waals surface area (Å²) < 4.78 is 39.5. The van der Waals surface area contributed by atoms with E-state index in [0.29, 0.717) is 18.5 Å². The fraction of sp³-hybridized carbons (Fsp3) is 0.500. The molecular weight excluding hydrogens is 461 g/mol. The number of benzene rings is 2. The van der Waals surface area contributed by atoms with Crippen molar-refractivity contribution in [3.8, 4) is 0 Å². The van der Waals surface area contributed by atoms with Gasteiger partial charge in [-0.2, -0.15) is 13.2 Å². The van der Waals surface area contributed by atoms with Crippen LogP contribution in [0, 0.1) is 0 Å². The van der Waals surface area contributed by atoms with Gasteiger partial charge < -0.3 is 9.88 Å². The zero-order valence-corrected chi connectivity index (χ0v) is 21.2. The third kappa shape index (κ3) is 6.13. The van der Waals surface area contributed by atoms with Gasteiger partial charge >= 0.3 is 6.18 Å². The van der Waals surface area contributed by atoms with E-state index in [9.17, 15) is 18.0 Å². The molecule has 0 saturated heterocycles. The van der Waals surface area contributed by atoms with Crippen LogP contribution in [0.2, 0.25) is 0 Å². The van der Waals surface area contributed by atoms with Crippen LogP contribution in [0.15, 0.2) is 48.5 Å². The minimum atomic E-state index is -4.39. The number of hydrogen-bond donors (Lipinski definition) is 1. The molecule has 2 aromatic carbocycles. The van der Waals surface area contributed by atoms with Crippen LogP contribution in [0.4, 0.5) is 13.2 Å². The monoisotopic (exact) mass is 498 g/mol. The Morgan fingerprint density at radius 1 is 0.917 bits per heavy atom. The zero-order chi connectivity index (χ0) is 25.5. The Morgan fingerprint density at radius 2 is 1.56 bits per heavy atom. The Balaban J connectivity index is 1.47. The molecule has 1 atom stereocenters. The molecule has 3 aromatic rings. The molecule has 3 nitrogen and oxygen atoms in total. The van der Waals surface area contributed by atoms with Gasteiger partial charge in [0.2, 0.25) is 5.91 Å². The largest absolute Gasteiger partial charge is 0.416 e. The molecule has 0 radical (unpaired) electrons. The predicted octanol–water partition coefficient (Wildman–Crippen LogP) is 8.58. The number of alkyl halides is 3. The summed E-state index contributed by atoms with van der Waals surface area (Å²) in [6.45, 7) is 2.79. The Kier molecular flexibility index (Phi) is 8.76. The van der Waals surface area contributed by atoms with E-state index >= 15 is 0 Å². The van der Waals surface area contributed by atoms with Gasteiger partial charge in [-0.1, -0.05) is 88.6 Å². The fourth-order valence-electron chi connectivity index (χ4n) is 5.44. The quantitative estimate of drug-likeness (QED) is 0.264. The van der Waals surface area contributed by atoms with Crippen LogP contribution in [-0.4, -0.2) is 22.3 Å². The molecule has 0 fully saturated rings. The number of fused-ring (bicyclic) bond motifs is 3. The Bertz CT molecular complexity index is 1130. The van der Waals surface area contributed by atoms with E-state index in [1.165, 1.54) is 50.7 Å². The lowest BCUT2D eigenvalue weighted by Crippen LogP contribution is -2.40. The summed E-state index contributed by atoms with van der Waals surface area (Å²) in [5.74, 6) is 0.0761. The summed E-state index contributed by atoms with van der Waals surface area (Å²) in [7, 11) is 0. The van der Waals surface area contributed by atoms with Gasteiger partial charge in [0.15, 0.2) is 0 Å². The fourth-order valence-corrected chi connectivity index (χ4v) is 5.44. The maximum absolute atomic E-state index is 13.4. The number of rotatable bonds is 11. The number of carbonyl (C=O) groups excluding carboxylic acids is 1. The summed E-state index contributed by atoms with van der Waals surface area (Å²) in [5, 5.41) is 1.12. The summed E-state index contributed by atoms with van der Waals surface area (Å²) in [4.78, 5) is 18.7. The number of amides is 1. The minimum absolute atomic E-state index is 0.0761. The number of aromatic amines is 1. The van der Waals surface area contributed by atoms with E-state index < -0.39 is 17.8 Å². The molecule has 36 heavy (non-hydrogen) atoms. The first-order valence-corrected chi connectivity index (χ1v) is 13.5. The molecule has 1 aliphatic heterocycles. The molecule has 2 heterocycles. The van der Waals surface area contributed by atoms with Crippen molar-refractivity contribution in [3.63, 3.8) is 0 Å². The highest BCUT2D eigenvalue weighted by Crippen LogP contribution is 2.40. The van der Waals surface area contributed by atoms with E-state index in [0.717, 1.165) is 60.0 Å². The number of halogens is 3. The number of H-pyrrole nitrogens is 1. The SMILES string of the molecule is CCCCCCCCCCCC(=O)N1CCc2c([nH]c3ccccc23)C1c1ccc(C(F)(F)F)cc1. The molecular formula is C30H37F3N2O. The lowest BCUT2D eigenvalue weighted by Gasteiger charge is -2.36. The first-order chi connectivity index (χ1) is 17.4. The third-order valence-corrected chi connectivity index (χ3v) is 7.40. The number of hydrogen-bond acceptors (Lipinski definition) is 1. The van der Waals surface area contributed by atoms with Crippen LogP contribution in [0.5, 0.6) is 0 Å². The van der Waals surface area contributed by atoms with Crippen molar-refractivity contribution in [1.82, 2.24) is 9.88 Å². The van der Waals surface area contributed by atoms with Gasteiger partial charge in [0.25, 0.3) is 0 Å². The molecule has 1 N–H and O–H groups in total. The Hall–Kier alpha value is -2.76. The van der Waals surface area contributed by atoms with Gasteiger partial charge in [0.1, 0.15) is 0 Å². The van der Waals surface area contributed by atoms with Crippen molar-refractivity contribution in [3.05, 3.63) is 70.9 Å². The first kappa shape index (κ1) is 26.3. The van der Waals surface area contributed by atoms with Gasteiger partial charge in [-0.25, -0.2) is 0 Å². The van der Waals surface area contributed by atoms with Crippen LogP contribution >= 0.6 is 0 Å². The van der Waals surface area contributed by atoms with Crippen LogP contribution < -0.4 is 0 Å². The van der Waals surface area contributed by atoms with Gasteiger partial charge in [-0.05, 0) is 42.2 Å². The van der Waals surface area contributed by atoms with Crippen molar-refractivity contribution >= 4 is 16.8 Å².